The molecule has 2 aromatic carbocycles. The van der Waals surface area contributed by atoms with E-state index in [4.69, 9.17) is 9.72 Å². The van der Waals surface area contributed by atoms with Crippen LogP contribution < -0.4 is 30.9 Å². The number of aryl methyl sites for hydroxylation is 1. The van der Waals surface area contributed by atoms with Crippen LogP contribution in [0.1, 0.15) is 0 Å². The predicted molar refractivity (Wildman–Crippen MR) is 175 cm³/mol. The Labute approximate surface area is 257 Å². The second kappa shape index (κ2) is 11.9. The lowest BCUT2D eigenvalue weighted by atomic mass is 10.0. The molecule has 12 nitrogen and oxygen atoms in total. The first kappa shape index (κ1) is 29.0. The molecule has 6 rings (SSSR count). The van der Waals surface area contributed by atoms with Gasteiger partial charge < -0.3 is 30.2 Å². The SMILES string of the molecule is COc1cc(N2CCNCC2)c(-c2cnn(C)c2)cc1Nc1ncc(Br)c(Nc2ccc3nccnc3c2P(C)(C)=O)n1. The second-order valence-corrected chi connectivity index (χ2v) is 14.6. The van der Waals surface area contributed by atoms with Crippen LogP contribution in [0, 0.1) is 0 Å². The van der Waals surface area contributed by atoms with Crippen LogP contribution in [0.25, 0.3) is 22.2 Å². The fourth-order valence-corrected chi connectivity index (χ4v) is 6.91. The number of hydrogen-bond donors (Lipinski definition) is 3. The maximum absolute atomic E-state index is 13.4. The van der Waals surface area contributed by atoms with E-state index >= 15 is 0 Å². The van der Waals surface area contributed by atoms with E-state index in [1.807, 2.05) is 31.6 Å². The van der Waals surface area contributed by atoms with Crippen molar-refractivity contribution in [2.75, 3.05) is 62.2 Å². The van der Waals surface area contributed by atoms with E-state index in [1.165, 1.54) is 0 Å². The number of aromatic nitrogens is 6. The summed E-state index contributed by atoms with van der Waals surface area (Å²) in [7, 11) is 0.808. The standard InChI is InChI=1S/C29H32BrN10O2P/c1-39-17-18(15-35-39)19-13-23(25(42-2)14-24(19)40-11-9-31-10-12-40)37-29-34-16-20(30)28(38-29)36-22-6-5-21-26(33-8-7-32-21)27(22)43(3,4)41/h5-8,13-17,31H,9-12H2,1-4H3,(H2,34,36,37,38). The van der Waals surface area contributed by atoms with Crippen molar-refractivity contribution in [1.29, 1.82) is 0 Å². The maximum Gasteiger partial charge on any atom is 0.229 e. The molecule has 1 saturated heterocycles. The summed E-state index contributed by atoms with van der Waals surface area (Å²) in [6, 6.07) is 7.81. The molecule has 1 aliphatic rings. The molecule has 0 atom stereocenters. The Hall–Kier alpha value is -4.06. The van der Waals surface area contributed by atoms with Gasteiger partial charge in [-0.2, -0.15) is 10.1 Å². The van der Waals surface area contributed by atoms with Crippen molar-refractivity contribution < 1.29 is 9.30 Å². The van der Waals surface area contributed by atoms with Gasteiger partial charge in [0.05, 0.1) is 40.0 Å². The molecule has 0 spiro atoms. The number of halogens is 1. The van der Waals surface area contributed by atoms with Crippen molar-refractivity contribution in [2.45, 2.75) is 0 Å². The highest BCUT2D eigenvalue weighted by Gasteiger charge is 2.23. The molecule has 3 aromatic heterocycles. The van der Waals surface area contributed by atoms with Gasteiger partial charge in [-0.15, -0.1) is 0 Å². The average molecular weight is 664 g/mol. The quantitative estimate of drug-likeness (QED) is 0.199. The Morgan fingerprint density at radius 2 is 1.81 bits per heavy atom. The van der Waals surface area contributed by atoms with Gasteiger partial charge >= 0.3 is 0 Å². The van der Waals surface area contributed by atoms with Crippen LogP contribution in [0.4, 0.5) is 28.8 Å². The summed E-state index contributed by atoms with van der Waals surface area (Å²) in [6.07, 6.45) is 8.76. The first-order valence-corrected chi connectivity index (χ1v) is 17.1. The van der Waals surface area contributed by atoms with E-state index in [9.17, 15) is 4.57 Å². The smallest absolute Gasteiger partial charge is 0.229 e. The lowest BCUT2D eigenvalue weighted by Gasteiger charge is -2.31. The number of fused-ring (bicyclic) bond motifs is 1. The normalized spacial score (nSPS) is 13.7. The summed E-state index contributed by atoms with van der Waals surface area (Å²) < 4.78 is 21.7. The van der Waals surface area contributed by atoms with Gasteiger partial charge in [-0.25, -0.2) is 4.98 Å². The van der Waals surface area contributed by atoms with Crippen molar-refractivity contribution >= 4 is 68.2 Å². The van der Waals surface area contributed by atoms with Crippen LogP contribution in [0.15, 0.2) is 59.7 Å². The molecule has 0 radical (unpaired) electrons. The number of benzene rings is 2. The molecule has 3 N–H and O–H groups in total. The molecule has 1 fully saturated rings. The molecule has 5 aromatic rings. The van der Waals surface area contributed by atoms with E-state index in [2.05, 4.69) is 69.0 Å². The summed E-state index contributed by atoms with van der Waals surface area (Å²) in [5, 5.41) is 15.1. The first-order valence-electron chi connectivity index (χ1n) is 13.7. The zero-order valence-electron chi connectivity index (χ0n) is 24.3. The van der Waals surface area contributed by atoms with Crippen LogP contribution >= 0.6 is 23.1 Å². The molecule has 0 bridgehead atoms. The van der Waals surface area contributed by atoms with Gasteiger partial charge in [-0.05, 0) is 47.5 Å². The number of nitrogens with one attached hydrogen (secondary N) is 3. The average Bonchev–Trinajstić information content (AvgIpc) is 3.44. The molecule has 0 amide bonds. The molecule has 43 heavy (non-hydrogen) atoms. The highest BCUT2D eigenvalue weighted by Crippen LogP contribution is 2.42. The lowest BCUT2D eigenvalue weighted by molar-refractivity contribution is 0.416. The van der Waals surface area contributed by atoms with Gasteiger partial charge in [0.25, 0.3) is 0 Å². The Bertz CT molecular complexity index is 1850. The van der Waals surface area contributed by atoms with Crippen molar-refractivity contribution in [3.63, 3.8) is 0 Å². The monoisotopic (exact) mass is 662 g/mol. The third-order valence-corrected chi connectivity index (χ3v) is 9.30. The molecule has 0 unspecified atom stereocenters. The maximum atomic E-state index is 13.4. The minimum atomic E-state index is -2.75. The van der Waals surface area contributed by atoms with Gasteiger partial charge in [-0.1, -0.05) is 0 Å². The summed E-state index contributed by atoms with van der Waals surface area (Å²) in [5.74, 6) is 1.52. The van der Waals surface area contributed by atoms with Crippen molar-refractivity contribution in [3.8, 4) is 16.9 Å². The molecule has 222 valence electrons. The topological polar surface area (TPSA) is 135 Å². The molecule has 4 heterocycles. The van der Waals surface area contributed by atoms with E-state index in [0.29, 0.717) is 49.7 Å². The number of methoxy groups -OCH3 is 1. The van der Waals surface area contributed by atoms with Crippen LogP contribution in [0.3, 0.4) is 0 Å². The zero-order valence-corrected chi connectivity index (χ0v) is 26.8. The van der Waals surface area contributed by atoms with Crippen molar-refractivity contribution in [3.05, 3.63) is 59.7 Å². The molecule has 0 aliphatic carbocycles. The van der Waals surface area contributed by atoms with Crippen LogP contribution in [0.2, 0.25) is 0 Å². The summed E-state index contributed by atoms with van der Waals surface area (Å²) in [4.78, 5) is 20.5. The highest BCUT2D eigenvalue weighted by molar-refractivity contribution is 9.10. The molecular weight excluding hydrogens is 631 g/mol. The number of piperazine rings is 1. The Morgan fingerprint density at radius 1 is 1.02 bits per heavy atom. The van der Waals surface area contributed by atoms with Crippen molar-refractivity contribution in [2.24, 2.45) is 7.05 Å². The summed E-state index contributed by atoms with van der Waals surface area (Å²) >= 11 is 3.57. The number of hydrogen-bond acceptors (Lipinski definition) is 11. The number of rotatable bonds is 8. The Balaban J connectivity index is 1.38. The Kier molecular flexibility index (Phi) is 8.04. The van der Waals surface area contributed by atoms with Gasteiger partial charge in [0.2, 0.25) is 5.95 Å². The lowest BCUT2D eigenvalue weighted by Crippen LogP contribution is -2.43. The number of nitrogens with zero attached hydrogens (tertiary/aromatic N) is 7. The van der Waals surface area contributed by atoms with Gasteiger partial charge in [-0.3, -0.25) is 14.6 Å². The van der Waals surface area contributed by atoms with Gasteiger partial charge in [0, 0.05) is 80.9 Å². The number of anilines is 5. The zero-order chi connectivity index (χ0) is 30.1. The first-order chi connectivity index (χ1) is 20.7. The fraction of sp³-hybridized carbons (Fsp3) is 0.276. The third kappa shape index (κ3) is 6.06. The van der Waals surface area contributed by atoms with E-state index in [1.54, 1.807) is 43.7 Å². The predicted octanol–water partition coefficient (Wildman–Crippen LogP) is 4.74. The van der Waals surface area contributed by atoms with Gasteiger partial charge in [0.15, 0.2) is 0 Å². The van der Waals surface area contributed by atoms with E-state index in [0.717, 1.165) is 43.0 Å². The molecular formula is C29H32BrN10O2P. The third-order valence-electron chi connectivity index (χ3n) is 7.19. The van der Waals surface area contributed by atoms with E-state index in [-0.39, 0.29) is 0 Å². The number of ether oxygens (including phenoxy) is 1. The highest BCUT2D eigenvalue weighted by atomic mass is 79.9. The van der Waals surface area contributed by atoms with Gasteiger partial charge in [0.1, 0.15) is 24.2 Å². The minimum absolute atomic E-state index is 0.356. The van der Waals surface area contributed by atoms with Crippen LogP contribution in [-0.4, -0.2) is 76.3 Å². The van der Waals surface area contributed by atoms with Crippen LogP contribution in [-0.2, 0) is 11.6 Å². The molecule has 14 heteroatoms. The van der Waals surface area contributed by atoms with Crippen molar-refractivity contribution in [1.82, 2.24) is 35.0 Å². The molecule has 1 aliphatic heterocycles. The van der Waals surface area contributed by atoms with E-state index < -0.39 is 7.14 Å². The summed E-state index contributed by atoms with van der Waals surface area (Å²) in [6.45, 7) is 7.04. The minimum Gasteiger partial charge on any atom is -0.494 e. The molecule has 0 saturated carbocycles. The summed E-state index contributed by atoms with van der Waals surface area (Å²) in [5.41, 5.74) is 5.73. The Morgan fingerprint density at radius 3 is 2.53 bits per heavy atom. The van der Waals surface area contributed by atoms with Crippen LogP contribution in [0.5, 0.6) is 5.75 Å². The largest absolute Gasteiger partial charge is 0.494 e. The second-order valence-electron chi connectivity index (χ2n) is 10.6. The fourth-order valence-electron chi connectivity index (χ4n) is 5.23.